The molecule has 1 fully saturated rings. The molecule has 0 radical (unpaired) electrons. The van der Waals surface area contributed by atoms with Crippen molar-refractivity contribution in [3.63, 3.8) is 0 Å². The second-order valence-corrected chi connectivity index (χ2v) is 5.85. The number of benzene rings is 2. The summed E-state index contributed by atoms with van der Waals surface area (Å²) in [6.45, 7) is 0. The Morgan fingerprint density at radius 1 is 0.920 bits per heavy atom. The van der Waals surface area contributed by atoms with Gasteiger partial charge in [0.2, 0.25) is 0 Å². The molecule has 2 amide bonds. The van der Waals surface area contributed by atoms with Gasteiger partial charge in [-0.15, -0.1) is 0 Å². The molecular formula is C19H18N2O4. The van der Waals surface area contributed by atoms with E-state index in [1.165, 1.54) is 7.11 Å². The number of rotatable bonds is 5. The number of hydrogen-bond acceptors (Lipinski definition) is 4. The lowest BCUT2D eigenvalue weighted by atomic mass is 10.1. The van der Waals surface area contributed by atoms with Gasteiger partial charge in [0.25, 0.3) is 11.8 Å². The quantitative estimate of drug-likeness (QED) is 0.821. The van der Waals surface area contributed by atoms with Crippen molar-refractivity contribution in [2.24, 2.45) is 0 Å². The zero-order chi connectivity index (χ0) is 17.8. The number of carbonyl (C=O) groups is 3. The molecule has 25 heavy (non-hydrogen) atoms. The van der Waals surface area contributed by atoms with Crippen molar-refractivity contribution >= 4 is 23.5 Å². The molecule has 2 N–H and O–H groups in total. The molecule has 1 saturated carbocycles. The minimum absolute atomic E-state index is 0.167. The van der Waals surface area contributed by atoms with E-state index in [1.54, 1.807) is 48.5 Å². The Morgan fingerprint density at radius 2 is 1.56 bits per heavy atom. The Kier molecular flexibility index (Phi) is 4.79. The first-order valence-electron chi connectivity index (χ1n) is 7.97. The second kappa shape index (κ2) is 7.17. The summed E-state index contributed by atoms with van der Waals surface area (Å²) in [6.07, 6.45) is 2.01. The van der Waals surface area contributed by atoms with Crippen molar-refractivity contribution < 1.29 is 19.1 Å². The van der Waals surface area contributed by atoms with Crippen LogP contribution in [0, 0.1) is 0 Å². The van der Waals surface area contributed by atoms with Crippen LogP contribution in [0.1, 0.15) is 43.9 Å². The molecule has 0 aliphatic heterocycles. The number of methoxy groups -OCH3 is 1. The highest BCUT2D eigenvalue weighted by Crippen LogP contribution is 2.19. The number of anilines is 1. The lowest BCUT2D eigenvalue weighted by Crippen LogP contribution is -2.25. The van der Waals surface area contributed by atoms with Gasteiger partial charge in [-0.2, -0.15) is 0 Å². The summed E-state index contributed by atoms with van der Waals surface area (Å²) in [7, 11) is 1.31. The monoisotopic (exact) mass is 338 g/mol. The fraction of sp³-hybridized carbons (Fsp3) is 0.211. The van der Waals surface area contributed by atoms with Gasteiger partial charge in [-0.3, -0.25) is 9.59 Å². The topological polar surface area (TPSA) is 84.5 Å². The highest BCUT2D eigenvalue weighted by Gasteiger charge is 2.24. The molecule has 6 heteroatoms. The zero-order valence-corrected chi connectivity index (χ0v) is 13.7. The number of carbonyl (C=O) groups excluding carboxylic acids is 3. The summed E-state index contributed by atoms with van der Waals surface area (Å²) in [6, 6.07) is 13.2. The van der Waals surface area contributed by atoms with Crippen LogP contribution in [-0.4, -0.2) is 30.9 Å². The van der Waals surface area contributed by atoms with Gasteiger partial charge in [0.05, 0.1) is 12.7 Å². The average Bonchev–Trinajstić information content (AvgIpc) is 3.45. The first-order chi connectivity index (χ1) is 12.1. The molecule has 2 aromatic rings. The lowest BCUT2D eigenvalue weighted by molar-refractivity contribution is 0.0600. The maximum absolute atomic E-state index is 12.4. The SMILES string of the molecule is COC(=O)c1ccc(NC(=O)c2cccc(C(=O)NC3CC3)c2)cc1. The van der Waals surface area contributed by atoms with Gasteiger partial charge < -0.3 is 15.4 Å². The molecule has 0 spiro atoms. The number of amides is 2. The molecule has 0 atom stereocenters. The summed E-state index contributed by atoms with van der Waals surface area (Å²) in [5, 5.41) is 5.63. The highest BCUT2D eigenvalue weighted by atomic mass is 16.5. The molecule has 0 unspecified atom stereocenters. The van der Waals surface area contributed by atoms with E-state index in [-0.39, 0.29) is 17.9 Å². The van der Waals surface area contributed by atoms with Crippen molar-refractivity contribution in [1.29, 1.82) is 0 Å². The molecule has 2 aromatic carbocycles. The summed E-state index contributed by atoms with van der Waals surface area (Å²) < 4.78 is 4.63. The van der Waals surface area contributed by atoms with Crippen LogP contribution in [0.4, 0.5) is 5.69 Å². The first kappa shape index (κ1) is 16.7. The van der Waals surface area contributed by atoms with E-state index in [0.717, 1.165) is 12.8 Å². The van der Waals surface area contributed by atoms with Crippen molar-refractivity contribution in [1.82, 2.24) is 5.32 Å². The summed E-state index contributed by atoms with van der Waals surface area (Å²) >= 11 is 0. The molecule has 6 nitrogen and oxygen atoms in total. The van der Waals surface area contributed by atoms with Crippen molar-refractivity contribution in [3.05, 3.63) is 65.2 Å². The van der Waals surface area contributed by atoms with E-state index in [0.29, 0.717) is 22.4 Å². The Hall–Kier alpha value is -3.15. The molecule has 128 valence electrons. The standard InChI is InChI=1S/C19H18N2O4/c1-25-19(24)12-5-7-15(8-6-12)20-17(22)13-3-2-4-14(11-13)18(23)21-16-9-10-16/h2-8,11,16H,9-10H2,1H3,(H,20,22)(H,21,23). The van der Waals surface area contributed by atoms with Crippen molar-refractivity contribution in [2.75, 3.05) is 12.4 Å². The summed E-state index contributed by atoms with van der Waals surface area (Å²) in [4.78, 5) is 35.8. The maximum Gasteiger partial charge on any atom is 0.337 e. The molecule has 3 rings (SSSR count). The maximum atomic E-state index is 12.4. The highest BCUT2D eigenvalue weighted by molar-refractivity contribution is 6.06. The first-order valence-corrected chi connectivity index (χ1v) is 7.97. The Morgan fingerprint density at radius 3 is 2.16 bits per heavy atom. The van der Waals surface area contributed by atoms with Crippen LogP contribution in [-0.2, 0) is 4.74 Å². The molecule has 1 aliphatic rings. The summed E-state index contributed by atoms with van der Waals surface area (Å²) in [5.41, 5.74) is 1.80. The van der Waals surface area contributed by atoms with Gasteiger partial charge >= 0.3 is 5.97 Å². The second-order valence-electron chi connectivity index (χ2n) is 5.85. The third-order valence-electron chi connectivity index (χ3n) is 3.86. The van der Waals surface area contributed by atoms with Gasteiger partial charge in [0.1, 0.15) is 0 Å². The average molecular weight is 338 g/mol. The third-order valence-corrected chi connectivity index (χ3v) is 3.86. The van der Waals surface area contributed by atoms with E-state index in [9.17, 15) is 14.4 Å². The molecule has 0 aromatic heterocycles. The van der Waals surface area contributed by atoms with Gasteiger partial charge in [-0.25, -0.2) is 4.79 Å². The van der Waals surface area contributed by atoms with Crippen LogP contribution < -0.4 is 10.6 Å². The minimum Gasteiger partial charge on any atom is -0.465 e. The normalized spacial score (nSPS) is 13.0. The van der Waals surface area contributed by atoms with E-state index in [1.807, 2.05) is 0 Å². The van der Waals surface area contributed by atoms with Crippen molar-refractivity contribution in [3.8, 4) is 0 Å². The predicted octanol–water partition coefficient (Wildman–Crippen LogP) is 2.62. The Labute approximate surface area is 145 Å². The minimum atomic E-state index is -0.438. The van der Waals surface area contributed by atoms with E-state index >= 15 is 0 Å². The van der Waals surface area contributed by atoms with Gasteiger partial charge in [-0.1, -0.05) is 6.07 Å². The van der Waals surface area contributed by atoms with Crippen molar-refractivity contribution in [2.45, 2.75) is 18.9 Å². The lowest BCUT2D eigenvalue weighted by Gasteiger charge is -2.08. The van der Waals surface area contributed by atoms with Gasteiger partial charge in [0, 0.05) is 22.9 Å². The number of hydrogen-bond donors (Lipinski definition) is 2. The largest absolute Gasteiger partial charge is 0.465 e. The van der Waals surface area contributed by atoms with Crippen LogP contribution in [0.5, 0.6) is 0 Å². The van der Waals surface area contributed by atoms with Crippen LogP contribution in [0.2, 0.25) is 0 Å². The summed E-state index contributed by atoms with van der Waals surface area (Å²) in [5.74, 6) is -0.932. The third kappa shape index (κ3) is 4.23. The number of esters is 1. The van der Waals surface area contributed by atoms with Crippen LogP contribution in [0.25, 0.3) is 0 Å². The van der Waals surface area contributed by atoms with Gasteiger partial charge in [-0.05, 0) is 55.3 Å². The Bertz CT molecular complexity index is 810. The van der Waals surface area contributed by atoms with E-state index in [2.05, 4.69) is 15.4 Å². The fourth-order valence-corrected chi connectivity index (χ4v) is 2.31. The molecule has 1 aliphatic carbocycles. The smallest absolute Gasteiger partial charge is 0.337 e. The van der Waals surface area contributed by atoms with Crippen LogP contribution >= 0.6 is 0 Å². The van der Waals surface area contributed by atoms with E-state index in [4.69, 9.17) is 0 Å². The molecule has 0 saturated heterocycles. The number of ether oxygens (including phenoxy) is 1. The predicted molar refractivity (Wildman–Crippen MR) is 92.7 cm³/mol. The zero-order valence-electron chi connectivity index (χ0n) is 13.7. The van der Waals surface area contributed by atoms with E-state index < -0.39 is 5.97 Å². The Balaban J connectivity index is 1.68. The molecular weight excluding hydrogens is 320 g/mol. The van der Waals surface area contributed by atoms with Crippen LogP contribution in [0.15, 0.2) is 48.5 Å². The fourth-order valence-electron chi connectivity index (χ4n) is 2.31. The van der Waals surface area contributed by atoms with Crippen LogP contribution in [0.3, 0.4) is 0 Å². The molecule has 0 heterocycles. The number of nitrogens with one attached hydrogen (secondary N) is 2. The van der Waals surface area contributed by atoms with Gasteiger partial charge in [0.15, 0.2) is 0 Å². The molecule has 0 bridgehead atoms.